The molecule has 4 nitrogen and oxygen atoms in total. The molecule has 0 radical (unpaired) electrons. The van der Waals surface area contributed by atoms with Gasteiger partial charge in [0.1, 0.15) is 15.9 Å². The van der Waals surface area contributed by atoms with Gasteiger partial charge in [-0.1, -0.05) is 11.6 Å². The summed E-state index contributed by atoms with van der Waals surface area (Å²) in [4.78, 5) is 17.6. The third-order valence-corrected chi connectivity index (χ3v) is 3.41. The highest BCUT2D eigenvalue weighted by Crippen LogP contribution is 2.39. The van der Waals surface area contributed by atoms with Crippen molar-refractivity contribution in [2.24, 2.45) is 0 Å². The van der Waals surface area contributed by atoms with Crippen LogP contribution >= 0.6 is 27.5 Å². The van der Waals surface area contributed by atoms with Gasteiger partial charge in [-0.3, -0.25) is 4.79 Å². The average Bonchev–Trinajstić information content (AvgIpc) is 2.28. The van der Waals surface area contributed by atoms with Crippen LogP contribution in [0, 0.1) is 5.82 Å². The molecule has 0 fully saturated rings. The highest BCUT2D eigenvalue weighted by Gasteiger charge is 2.20. The smallest absolute Gasteiger partial charge is 0.262 e. The van der Waals surface area contributed by atoms with Crippen molar-refractivity contribution in [3.63, 3.8) is 0 Å². The molecule has 0 amide bonds. The predicted molar refractivity (Wildman–Crippen MR) is 61.6 cm³/mol. The highest BCUT2D eigenvalue weighted by molar-refractivity contribution is 9.10. The lowest BCUT2D eigenvalue weighted by atomic mass is 10.2. The summed E-state index contributed by atoms with van der Waals surface area (Å²) >= 11 is 8.83. The van der Waals surface area contributed by atoms with Crippen molar-refractivity contribution in [2.45, 2.75) is 0 Å². The van der Waals surface area contributed by atoms with E-state index in [1.165, 1.54) is 7.11 Å². The van der Waals surface area contributed by atoms with Gasteiger partial charge in [-0.2, -0.15) is 0 Å². The lowest BCUT2D eigenvalue weighted by Crippen LogP contribution is -2.09. The first-order valence-electron chi connectivity index (χ1n) is 4.15. The first kappa shape index (κ1) is 11.3. The minimum Gasteiger partial charge on any atom is -0.494 e. The van der Waals surface area contributed by atoms with Crippen LogP contribution in [0.4, 0.5) is 4.39 Å². The monoisotopic (exact) mass is 306 g/mol. The minimum atomic E-state index is -0.688. The summed E-state index contributed by atoms with van der Waals surface area (Å²) in [6.07, 6.45) is 1.12. The predicted octanol–water partition coefficient (Wildman–Crippen LogP) is 2.49. The van der Waals surface area contributed by atoms with Crippen molar-refractivity contribution in [1.29, 1.82) is 0 Å². The van der Waals surface area contributed by atoms with E-state index in [-0.39, 0.29) is 26.1 Å². The van der Waals surface area contributed by atoms with Gasteiger partial charge in [-0.15, -0.1) is 0 Å². The van der Waals surface area contributed by atoms with E-state index in [0.29, 0.717) is 0 Å². The number of hydrogen-bond acceptors (Lipinski definition) is 3. The Morgan fingerprint density at radius 3 is 2.94 bits per heavy atom. The molecule has 1 aromatic carbocycles. The second-order valence-corrected chi connectivity index (χ2v) is 4.10. The number of fused-ring (bicyclic) bond motifs is 1. The van der Waals surface area contributed by atoms with Crippen LogP contribution in [0.3, 0.4) is 0 Å². The zero-order valence-electron chi connectivity index (χ0n) is 7.97. The Hall–Kier alpha value is -1.14. The van der Waals surface area contributed by atoms with E-state index < -0.39 is 11.4 Å². The lowest BCUT2D eigenvalue weighted by molar-refractivity contribution is 0.418. The van der Waals surface area contributed by atoms with Crippen LogP contribution < -0.4 is 10.3 Å². The van der Waals surface area contributed by atoms with Crippen LogP contribution in [-0.2, 0) is 0 Å². The second kappa shape index (κ2) is 4.03. The number of nitrogens with zero attached hydrogens (tertiary/aromatic N) is 1. The van der Waals surface area contributed by atoms with Crippen LogP contribution in [0.15, 0.2) is 15.6 Å². The number of halogens is 3. The van der Waals surface area contributed by atoms with Crippen LogP contribution in [0.1, 0.15) is 0 Å². The summed E-state index contributed by atoms with van der Waals surface area (Å²) in [6.45, 7) is 0. The molecule has 1 heterocycles. The maximum atomic E-state index is 13.8. The number of nitrogens with one attached hydrogen (secondary N) is 1. The number of H-pyrrole nitrogens is 1. The van der Waals surface area contributed by atoms with Gasteiger partial charge < -0.3 is 9.72 Å². The number of aromatic nitrogens is 2. The summed E-state index contributed by atoms with van der Waals surface area (Å²) in [5, 5.41) is 0.00157. The largest absolute Gasteiger partial charge is 0.494 e. The second-order valence-electron chi connectivity index (χ2n) is 2.93. The maximum absolute atomic E-state index is 13.8. The van der Waals surface area contributed by atoms with Gasteiger partial charge in [-0.05, 0) is 15.9 Å². The van der Waals surface area contributed by atoms with E-state index in [2.05, 4.69) is 25.9 Å². The molecule has 2 aromatic rings. The van der Waals surface area contributed by atoms with Gasteiger partial charge in [0, 0.05) is 0 Å². The van der Waals surface area contributed by atoms with Crippen molar-refractivity contribution in [3.8, 4) is 5.75 Å². The normalized spacial score (nSPS) is 10.8. The number of methoxy groups -OCH3 is 1. The third-order valence-electron chi connectivity index (χ3n) is 2.08. The fourth-order valence-electron chi connectivity index (χ4n) is 1.38. The zero-order valence-corrected chi connectivity index (χ0v) is 10.3. The number of aromatic amines is 1. The Kier molecular flexibility index (Phi) is 2.86. The van der Waals surface area contributed by atoms with Gasteiger partial charge in [-0.25, -0.2) is 9.37 Å². The Balaban J connectivity index is 3.11. The van der Waals surface area contributed by atoms with Crippen LogP contribution in [0.2, 0.25) is 5.02 Å². The molecule has 84 valence electrons. The number of benzene rings is 1. The Labute approximate surface area is 103 Å². The molecule has 0 aliphatic carbocycles. The number of rotatable bonds is 1. The van der Waals surface area contributed by atoms with E-state index in [0.717, 1.165) is 6.33 Å². The summed E-state index contributed by atoms with van der Waals surface area (Å²) in [5.74, 6) is -0.591. The Morgan fingerprint density at radius 2 is 2.31 bits per heavy atom. The summed E-state index contributed by atoms with van der Waals surface area (Å²) in [7, 11) is 1.34. The standard InChI is InChI=1S/C9H5BrClFN2O2/c1-16-8-3-7(13-2-14-9(3)15)6(12)4(10)5(8)11/h2H,1H3,(H,13,14,15). The fraction of sp³-hybridized carbons (Fsp3) is 0.111. The van der Waals surface area contributed by atoms with Crippen molar-refractivity contribution in [2.75, 3.05) is 7.11 Å². The fourth-order valence-corrected chi connectivity index (χ4v) is 2.00. The average molecular weight is 308 g/mol. The van der Waals surface area contributed by atoms with Crippen molar-refractivity contribution in [1.82, 2.24) is 9.97 Å². The molecule has 0 atom stereocenters. The quantitative estimate of drug-likeness (QED) is 0.824. The molecule has 0 saturated heterocycles. The van der Waals surface area contributed by atoms with E-state index >= 15 is 0 Å². The van der Waals surface area contributed by atoms with Gasteiger partial charge in [0.15, 0.2) is 11.6 Å². The molecular formula is C9H5BrClFN2O2. The van der Waals surface area contributed by atoms with Crippen LogP contribution in [0.25, 0.3) is 10.9 Å². The first-order valence-corrected chi connectivity index (χ1v) is 5.32. The molecular weight excluding hydrogens is 302 g/mol. The summed E-state index contributed by atoms with van der Waals surface area (Å²) < 4.78 is 18.8. The Morgan fingerprint density at radius 1 is 1.62 bits per heavy atom. The van der Waals surface area contributed by atoms with Crippen molar-refractivity contribution in [3.05, 3.63) is 32.0 Å². The van der Waals surface area contributed by atoms with Gasteiger partial charge in [0.05, 0.1) is 17.9 Å². The molecule has 1 N–H and O–H groups in total. The van der Waals surface area contributed by atoms with E-state index in [4.69, 9.17) is 16.3 Å². The number of ether oxygens (including phenoxy) is 1. The third kappa shape index (κ3) is 1.49. The zero-order chi connectivity index (χ0) is 11.9. The molecule has 0 spiro atoms. The molecule has 0 aliphatic rings. The first-order chi connectivity index (χ1) is 7.57. The number of hydrogen-bond donors (Lipinski definition) is 1. The molecule has 2 rings (SSSR count). The highest BCUT2D eigenvalue weighted by atomic mass is 79.9. The minimum absolute atomic E-state index is 0.00398. The molecule has 7 heteroatoms. The van der Waals surface area contributed by atoms with Crippen molar-refractivity contribution < 1.29 is 9.13 Å². The molecule has 0 aliphatic heterocycles. The van der Waals surface area contributed by atoms with E-state index in [9.17, 15) is 9.18 Å². The topological polar surface area (TPSA) is 55.0 Å². The molecule has 16 heavy (non-hydrogen) atoms. The molecule has 0 saturated carbocycles. The van der Waals surface area contributed by atoms with Crippen LogP contribution in [-0.4, -0.2) is 17.1 Å². The lowest BCUT2D eigenvalue weighted by Gasteiger charge is -2.09. The maximum Gasteiger partial charge on any atom is 0.262 e. The van der Waals surface area contributed by atoms with Gasteiger partial charge >= 0.3 is 0 Å². The van der Waals surface area contributed by atoms with E-state index in [1.807, 2.05) is 0 Å². The van der Waals surface area contributed by atoms with Crippen LogP contribution in [0.5, 0.6) is 5.75 Å². The molecule has 0 unspecified atom stereocenters. The molecule has 0 bridgehead atoms. The Bertz CT molecular complexity index is 629. The van der Waals surface area contributed by atoms with Gasteiger partial charge in [0.2, 0.25) is 0 Å². The summed E-state index contributed by atoms with van der Waals surface area (Å²) in [6, 6.07) is 0. The SMILES string of the molecule is COc1c(Cl)c(Br)c(F)c2nc[nH]c(=O)c12. The van der Waals surface area contributed by atoms with E-state index in [1.54, 1.807) is 0 Å². The molecule has 1 aromatic heterocycles. The van der Waals surface area contributed by atoms with Crippen molar-refractivity contribution >= 4 is 38.4 Å². The van der Waals surface area contributed by atoms with Gasteiger partial charge in [0.25, 0.3) is 5.56 Å². The summed E-state index contributed by atoms with van der Waals surface area (Å²) in [5.41, 5.74) is -0.591.